The van der Waals surface area contributed by atoms with Crippen LogP contribution >= 0.6 is 0 Å². The van der Waals surface area contributed by atoms with E-state index in [9.17, 15) is 4.79 Å². The number of pyridine rings is 1. The van der Waals surface area contributed by atoms with Crippen molar-refractivity contribution in [2.75, 3.05) is 18.4 Å². The normalized spacial score (nSPS) is 19.6. The molecule has 3 heterocycles. The van der Waals surface area contributed by atoms with Gasteiger partial charge in [-0.2, -0.15) is 5.10 Å². The number of hydrogen-bond donors (Lipinski definition) is 3. The molecule has 6 nitrogen and oxygen atoms in total. The lowest BCUT2D eigenvalue weighted by Gasteiger charge is -2.23. The minimum Gasteiger partial charge on any atom is -0.381 e. The van der Waals surface area contributed by atoms with Crippen molar-refractivity contribution in [1.82, 2.24) is 20.1 Å². The van der Waals surface area contributed by atoms with Crippen LogP contribution in [0.4, 0.5) is 5.69 Å². The molecule has 2 aromatic heterocycles. The maximum absolute atomic E-state index is 11.8. The molecule has 2 atom stereocenters. The fourth-order valence-electron chi connectivity index (χ4n) is 3.47. The molecule has 3 aromatic rings. The van der Waals surface area contributed by atoms with Gasteiger partial charge in [-0.05, 0) is 43.0 Å². The molecule has 0 spiro atoms. The van der Waals surface area contributed by atoms with Gasteiger partial charge in [0.15, 0.2) is 0 Å². The standard InChI is InChI=1S/C18H21N5O/c1-12(14-9-20-21-10-14)23-7-5-16(11-23)22-15-2-3-17-13(8-15)4-6-19-18(17)24/h2-4,6,8-10,12,16,22H,5,7,11H2,1H3,(H,19,24)(H,20,21). The molecular formula is C18H21N5O. The van der Waals surface area contributed by atoms with Crippen molar-refractivity contribution in [3.8, 4) is 0 Å². The molecule has 124 valence electrons. The zero-order chi connectivity index (χ0) is 16.5. The summed E-state index contributed by atoms with van der Waals surface area (Å²) in [6.07, 6.45) is 6.66. The molecular weight excluding hydrogens is 302 g/mol. The SMILES string of the molecule is CC(c1cn[nH]c1)N1CCC(Nc2ccc3c(=O)[nH]ccc3c2)C1. The second-order valence-electron chi connectivity index (χ2n) is 6.44. The van der Waals surface area contributed by atoms with Gasteiger partial charge < -0.3 is 10.3 Å². The van der Waals surface area contributed by atoms with Gasteiger partial charge in [0.1, 0.15) is 0 Å². The Morgan fingerprint density at radius 3 is 3.12 bits per heavy atom. The largest absolute Gasteiger partial charge is 0.381 e. The van der Waals surface area contributed by atoms with Gasteiger partial charge in [0.2, 0.25) is 0 Å². The number of nitrogens with zero attached hydrogens (tertiary/aromatic N) is 2. The molecule has 6 heteroatoms. The van der Waals surface area contributed by atoms with Gasteiger partial charge >= 0.3 is 0 Å². The maximum atomic E-state index is 11.8. The number of anilines is 1. The van der Waals surface area contributed by atoms with E-state index in [0.717, 1.165) is 36.0 Å². The Labute approximate surface area is 139 Å². The van der Waals surface area contributed by atoms with Gasteiger partial charge in [0, 0.05) is 54.2 Å². The van der Waals surface area contributed by atoms with Gasteiger partial charge in [-0.3, -0.25) is 14.8 Å². The Bertz CT molecular complexity index is 886. The predicted octanol–water partition coefficient (Wildman–Crippen LogP) is 2.50. The van der Waals surface area contributed by atoms with Crippen molar-refractivity contribution in [2.24, 2.45) is 0 Å². The number of fused-ring (bicyclic) bond motifs is 1. The quantitative estimate of drug-likeness (QED) is 0.689. The van der Waals surface area contributed by atoms with E-state index in [1.165, 1.54) is 5.56 Å². The topological polar surface area (TPSA) is 76.8 Å². The van der Waals surface area contributed by atoms with Gasteiger partial charge in [-0.1, -0.05) is 0 Å². The minimum atomic E-state index is -0.0416. The van der Waals surface area contributed by atoms with Crippen LogP contribution in [0.5, 0.6) is 0 Å². The van der Waals surface area contributed by atoms with E-state index >= 15 is 0 Å². The average molecular weight is 323 g/mol. The molecule has 0 bridgehead atoms. The Balaban J connectivity index is 1.46. The number of likely N-dealkylation sites (tertiary alicyclic amines) is 1. The summed E-state index contributed by atoms with van der Waals surface area (Å²) in [4.78, 5) is 16.9. The minimum absolute atomic E-state index is 0.0416. The van der Waals surface area contributed by atoms with Crippen LogP contribution in [0.2, 0.25) is 0 Å². The fraction of sp³-hybridized carbons (Fsp3) is 0.333. The van der Waals surface area contributed by atoms with Crippen LogP contribution < -0.4 is 10.9 Å². The van der Waals surface area contributed by atoms with E-state index in [1.807, 2.05) is 36.7 Å². The molecule has 3 N–H and O–H groups in total. The van der Waals surface area contributed by atoms with Crippen LogP contribution in [-0.4, -0.2) is 39.2 Å². The van der Waals surface area contributed by atoms with Crippen LogP contribution in [-0.2, 0) is 0 Å². The Morgan fingerprint density at radius 2 is 2.29 bits per heavy atom. The number of aromatic amines is 2. The third-order valence-electron chi connectivity index (χ3n) is 4.91. The predicted molar refractivity (Wildman–Crippen MR) is 95.2 cm³/mol. The number of aromatic nitrogens is 3. The summed E-state index contributed by atoms with van der Waals surface area (Å²) in [5.74, 6) is 0. The molecule has 0 amide bonds. The Kier molecular flexibility index (Phi) is 3.82. The first-order valence-electron chi connectivity index (χ1n) is 8.31. The van der Waals surface area contributed by atoms with E-state index in [-0.39, 0.29) is 5.56 Å². The molecule has 4 rings (SSSR count). The molecule has 1 aromatic carbocycles. The molecule has 1 saturated heterocycles. The summed E-state index contributed by atoms with van der Waals surface area (Å²) < 4.78 is 0. The van der Waals surface area contributed by atoms with Crippen molar-refractivity contribution in [3.63, 3.8) is 0 Å². The first-order chi connectivity index (χ1) is 11.7. The van der Waals surface area contributed by atoms with Crippen LogP contribution in [0.1, 0.15) is 24.9 Å². The van der Waals surface area contributed by atoms with E-state index in [0.29, 0.717) is 12.1 Å². The van der Waals surface area contributed by atoms with Crippen molar-refractivity contribution in [2.45, 2.75) is 25.4 Å². The van der Waals surface area contributed by atoms with Crippen molar-refractivity contribution in [1.29, 1.82) is 0 Å². The molecule has 2 unspecified atom stereocenters. The van der Waals surface area contributed by atoms with Crippen molar-refractivity contribution in [3.05, 3.63) is 58.8 Å². The molecule has 1 aliphatic heterocycles. The summed E-state index contributed by atoms with van der Waals surface area (Å²) in [5, 5.41) is 12.2. The third-order valence-corrected chi connectivity index (χ3v) is 4.91. The smallest absolute Gasteiger partial charge is 0.255 e. The highest BCUT2D eigenvalue weighted by Crippen LogP contribution is 2.26. The zero-order valence-electron chi connectivity index (χ0n) is 13.6. The maximum Gasteiger partial charge on any atom is 0.255 e. The second kappa shape index (κ2) is 6.13. The molecule has 1 aliphatic rings. The van der Waals surface area contributed by atoms with Gasteiger partial charge in [0.05, 0.1) is 6.20 Å². The summed E-state index contributed by atoms with van der Waals surface area (Å²) in [6, 6.07) is 8.64. The lowest BCUT2D eigenvalue weighted by molar-refractivity contribution is 0.261. The Hall–Kier alpha value is -2.60. The van der Waals surface area contributed by atoms with Crippen LogP contribution in [0.3, 0.4) is 0 Å². The highest BCUT2D eigenvalue weighted by molar-refractivity contribution is 5.84. The van der Waals surface area contributed by atoms with Crippen LogP contribution in [0, 0.1) is 0 Å². The van der Waals surface area contributed by atoms with E-state index in [1.54, 1.807) is 6.20 Å². The fourth-order valence-corrected chi connectivity index (χ4v) is 3.47. The van der Waals surface area contributed by atoms with Crippen LogP contribution in [0.25, 0.3) is 10.8 Å². The second-order valence-corrected chi connectivity index (χ2v) is 6.44. The monoisotopic (exact) mass is 323 g/mol. The molecule has 0 aliphatic carbocycles. The van der Waals surface area contributed by atoms with Crippen molar-refractivity contribution >= 4 is 16.5 Å². The number of nitrogens with one attached hydrogen (secondary N) is 3. The first kappa shape index (κ1) is 15.0. The number of rotatable bonds is 4. The van der Waals surface area contributed by atoms with Crippen molar-refractivity contribution < 1.29 is 0 Å². The van der Waals surface area contributed by atoms with Gasteiger partial charge in [0.25, 0.3) is 5.56 Å². The first-order valence-corrected chi connectivity index (χ1v) is 8.31. The van der Waals surface area contributed by atoms with Gasteiger partial charge in [-0.25, -0.2) is 0 Å². The Morgan fingerprint density at radius 1 is 1.38 bits per heavy atom. The summed E-state index contributed by atoms with van der Waals surface area (Å²) in [5.41, 5.74) is 2.25. The van der Waals surface area contributed by atoms with E-state index in [2.05, 4.69) is 32.3 Å². The molecule has 0 saturated carbocycles. The molecule has 1 fully saturated rings. The van der Waals surface area contributed by atoms with E-state index < -0.39 is 0 Å². The molecule has 0 radical (unpaired) electrons. The number of benzene rings is 1. The van der Waals surface area contributed by atoms with Crippen LogP contribution in [0.15, 0.2) is 47.7 Å². The van der Waals surface area contributed by atoms with Gasteiger partial charge in [-0.15, -0.1) is 0 Å². The number of H-pyrrole nitrogens is 2. The summed E-state index contributed by atoms with van der Waals surface area (Å²) in [6.45, 7) is 4.28. The summed E-state index contributed by atoms with van der Waals surface area (Å²) >= 11 is 0. The lowest BCUT2D eigenvalue weighted by atomic mass is 10.1. The van der Waals surface area contributed by atoms with E-state index in [4.69, 9.17) is 0 Å². The summed E-state index contributed by atoms with van der Waals surface area (Å²) in [7, 11) is 0. The third kappa shape index (κ3) is 2.80. The number of hydrogen-bond acceptors (Lipinski definition) is 4. The highest BCUT2D eigenvalue weighted by atomic mass is 16.1. The lowest BCUT2D eigenvalue weighted by Crippen LogP contribution is -2.28. The zero-order valence-corrected chi connectivity index (χ0v) is 13.6. The highest BCUT2D eigenvalue weighted by Gasteiger charge is 2.27. The molecule has 24 heavy (non-hydrogen) atoms. The average Bonchev–Trinajstić information content (AvgIpc) is 3.26.